The normalized spacial score (nSPS) is 10.3. The van der Waals surface area contributed by atoms with Crippen molar-refractivity contribution in [1.29, 1.82) is 0 Å². The molecule has 1 amide bonds. The largest absolute Gasteiger partial charge is 0.492 e. The van der Waals surface area contributed by atoms with Crippen molar-refractivity contribution in [2.75, 3.05) is 13.2 Å². The van der Waals surface area contributed by atoms with Crippen LogP contribution in [0.5, 0.6) is 11.6 Å². The molecule has 1 aromatic heterocycles. The van der Waals surface area contributed by atoms with Crippen LogP contribution >= 0.6 is 0 Å². The van der Waals surface area contributed by atoms with E-state index >= 15 is 0 Å². The summed E-state index contributed by atoms with van der Waals surface area (Å²) in [5, 5.41) is 2.70. The van der Waals surface area contributed by atoms with Gasteiger partial charge in [-0.3, -0.25) is 4.79 Å². The zero-order valence-electron chi connectivity index (χ0n) is 14.5. The van der Waals surface area contributed by atoms with E-state index in [1.165, 1.54) is 36.7 Å². The Labute approximate surface area is 156 Å². The fraction of sp³-hybridized carbons (Fsp3) is 0.150. The second kappa shape index (κ2) is 9.28. The number of amides is 1. The predicted molar refractivity (Wildman–Crippen MR) is 97.0 cm³/mol. The van der Waals surface area contributed by atoms with Crippen molar-refractivity contribution in [3.63, 3.8) is 0 Å². The van der Waals surface area contributed by atoms with Crippen LogP contribution < -0.4 is 14.8 Å². The van der Waals surface area contributed by atoms with E-state index in [2.05, 4.69) is 15.3 Å². The Balaban J connectivity index is 1.46. The summed E-state index contributed by atoms with van der Waals surface area (Å²) >= 11 is 0. The first-order valence-electron chi connectivity index (χ1n) is 8.36. The van der Waals surface area contributed by atoms with Crippen LogP contribution in [0.4, 0.5) is 4.39 Å². The molecule has 1 N–H and O–H groups in total. The molecule has 0 spiro atoms. The van der Waals surface area contributed by atoms with E-state index in [1.807, 2.05) is 30.3 Å². The highest BCUT2D eigenvalue weighted by Crippen LogP contribution is 2.11. The van der Waals surface area contributed by atoms with Gasteiger partial charge < -0.3 is 14.8 Å². The molecule has 138 valence electrons. The lowest BCUT2D eigenvalue weighted by Crippen LogP contribution is -2.28. The zero-order chi connectivity index (χ0) is 18.9. The lowest BCUT2D eigenvalue weighted by Gasteiger charge is -2.08. The van der Waals surface area contributed by atoms with E-state index < -0.39 is 0 Å². The van der Waals surface area contributed by atoms with Gasteiger partial charge in [0.25, 0.3) is 5.91 Å². The van der Waals surface area contributed by atoms with Crippen LogP contribution in [0.1, 0.15) is 16.1 Å². The Kier molecular flexibility index (Phi) is 6.30. The molecule has 0 saturated heterocycles. The molecule has 0 fully saturated rings. The van der Waals surface area contributed by atoms with Gasteiger partial charge in [-0.05, 0) is 29.8 Å². The molecule has 0 aliphatic heterocycles. The molecule has 0 bridgehead atoms. The van der Waals surface area contributed by atoms with Gasteiger partial charge in [-0.15, -0.1) is 0 Å². The summed E-state index contributed by atoms with van der Waals surface area (Å²) in [5.74, 6) is 0.167. The minimum Gasteiger partial charge on any atom is -0.492 e. The van der Waals surface area contributed by atoms with E-state index in [1.54, 1.807) is 0 Å². The Morgan fingerprint density at radius 1 is 1.00 bits per heavy atom. The molecule has 27 heavy (non-hydrogen) atoms. The lowest BCUT2D eigenvalue weighted by molar-refractivity contribution is 0.0941. The zero-order valence-corrected chi connectivity index (χ0v) is 14.5. The first kappa shape index (κ1) is 18.3. The Morgan fingerprint density at radius 2 is 1.78 bits per heavy atom. The predicted octanol–water partition coefficient (Wildman–Crippen LogP) is 3.00. The Morgan fingerprint density at radius 3 is 2.56 bits per heavy atom. The number of hydrogen-bond donors (Lipinski definition) is 1. The van der Waals surface area contributed by atoms with Crippen LogP contribution in [-0.2, 0) is 6.61 Å². The maximum absolute atomic E-state index is 12.8. The number of carbonyl (C=O) groups is 1. The highest BCUT2D eigenvalue weighted by Gasteiger charge is 2.09. The van der Waals surface area contributed by atoms with E-state index in [0.29, 0.717) is 18.2 Å². The quantitative estimate of drug-likeness (QED) is 0.620. The molecular weight excluding hydrogens is 349 g/mol. The van der Waals surface area contributed by atoms with Gasteiger partial charge in [0.05, 0.1) is 6.54 Å². The maximum Gasteiger partial charge on any atom is 0.270 e. The van der Waals surface area contributed by atoms with Crippen molar-refractivity contribution < 1.29 is 18.7 Å². The Hall–Kier alpha value is -3.48. The number of halogens is 1. The van der Waals surface area contributed by atoms with Crippen LogP contribution in [0.25, 0.3) is 0 Å². The van der Waals surface area contributed by atoms with Crippen molar-refractivity contribution in [2.45, 2.75) is 6.61 Å². The molecule has 6 nitrogen and oxygen atoms in total. The lowest BCUT2D eigenvalue weighted by atomic mass is 10.2. The topological polar surface area (TPSA) is 73.3 Å². The molecule has 0 unspecified atom stereocenters. The van der Waals surface area contributed by atoms with Gasteiger partial charge in [0.15, 0.2) is 0 Å². The minimum atomic E-state index is -0.357. The van der Waals surface area contributed by atoms with Crippen molar-refractivity contribution in [3.8, 4) is 11.6 Å². The molecule has 2 aromatic carbocycles. The van der Waals surface area contributed by atoms with E-state index in [9.17, 15) is 9.18 Å². The molecule has 0 radical (unpaired) electrons. The molecular formula is C20H18FN3O3. The highest BCUT2D eigenvalue weighted by molar-refractivity contribution is 5.92. The molecule has 7 heteroatoms. The van der Waals surface area contributed by atoms with Gasteiger partial charge in [0, 0.05) is 6.07 Å². The number of nitrogens with one attached hydrogen (secondary N) is 1. The highest BCUT2D eigenvalue weighted by atomic mass is 19.1. The average molecular weight is 367 g/mol. The number of rotatable bonds is 8. The third-order valence-electron chi connectivity index (χ3n) is 3.57. The summed E-state index contributed by atoms with van der Waals surface area (Å²) in [4.78, 5) is 20.1. The molecule has 0 aliphatic rings. The second-order valence-electron chi connectivity index (χ2n) is 5.57. The number of benzene rings is 2. The van der Waals surface area contributed by atoms with Crippen LogP contribution in [-0.4, -0.2) is 29.0 Å². The van der Waals surface area contributed by atoms with Crippen molar-refractivity contribution >= 4 is 5.91 Å². The second-order valence-corrected chi connectivity index (χ2v) is 5.57. The molecule has 1 heterocycles. The molecule has 3 aromatic rings. The fourth-order valence-electron chi connectivity index (χ4n) is 2.23. The molecule has 0 atom stereocenters. The number of carbonyl (C=O) groups excluding carboxylic acids is 1. The summed E-state index contributed by atoms with van der Waals surface area (Å²) in [5.41, 5.74) is 1.20. The standard InChI is InChI=1S/C20H18FN3O3/c21-16-6-8-17(9-7-16)26-11-10-22-20(25)18-12-19(24-14-23-18)27-13-15-4-2-1-3-5-15/h1-9,12,14H,10-11,13H2,(H,22,25). The summed E-state index contributed by atoms with van der Waals surface area (Å²) in [6.45, 7) is 0.880. The van der Waals surface area contributed by atoms with E-state index in [-0.39, 0.29) is 30.6 Å². The SMILES string of the molecule is O=C(NCCOc1ccc(F)cc1)c1cc(OCc2ccccc2)ncn1. The van der Waals surface area contributed by atoms with Crippen molar-refractivity contribution in [1.82, 2.24) is 15.3 Å². The van der Waals surface area contributed by atoms with E-state index in [4.69, 9.17) is 9.47 Å². The van der Waals surface area contributed by atoms with Gasteiger partial charge in [0.2, 0.25) is 5.88 Å². The molecule has 0 aliphatic carbocycles. The van der Waals surface area contributed by atoms with Gasteiger partial charge in [-0.2, -0.15) is 0 Å². The first-order chi connectivity index (χ1) is 13.2. The monoisotopic (exact) mass is 367 g/mol. The summed E-state index contributed by atoms with van der Waals surface area (Å²) in [6, 6.07) is 16.8. The van der Waals surface area contributed by atoms with Gasteiger partial charge in [-0.25, -0.2) is 14.4 Å². The maximum atomic E-state index is 12.8. The molecule has 0 saturated carbocycles. The summed E-state index contributed by atoms with van der Waals surface area (Å²) in [6.07, 6.45) is 1.28. The number of hydrogen-bond acceptors (Lipinski definition) is 5. The van der Waals surface area contributed by atoms with Crippen LogP contribution in [0, 0.1) is 5.82 Å². The van der Waals surface area contributed by atoms with E-state index in [0.717, 1.165) is 5.56 Å². The van der Waals surface area contributed by atoms with Crippen LogP contribution in [0.3, 0.4) is 0 Å². The number of aromatic nitrogens is 2. The van der Waals surface area contributed by atoms with Gasteiger partial charge in [-0.1, -0.05) is 30.3 Å². The fourth-order valence-corrected chi connectivity index (χ4v) is 2.23. The van der Waals surface area contributed by atoms with Crippen molar-refractivity contribution in [2.24, 2.45) is 0 Å². The van der Waals surface area contributed by atoms with Crippen LogP contribution in [0.2, 0.25) is 0 Å². The molecule has 3 rings (SSSR count). The summed E-state index contributed by atoms with van der Waals surface area (Å²) < 4.78 is 23.8. The van der Waals surface area contributed by atoms with Crippen LogP contribution in [0.15, 0.2) is 67.0 Å². The minimum absolute atomic E-state index is 0.204. The Bertz CT molecular complexity index is 873. The number of nitrogens with zero attached hydrogens (tertiary/aromatic N) is 2. The third-order valence-corrected chi connectivity index (χ3v) is 3.57. The third kappa shape index (κ3) is 5.78. The first-order valence-corrected chi connectivity index (χ1v) is 8.36. The average Bonchev–Trinajstić information content (AvgIpc) is 2.72. The van der Waals surface area contributed by atoms with Gasteiger partial charge >= 0.3 is 0 Å². The smallest absolute Gasteiger partial charge is 0.270 e. The number of ether oxygens (including phenoxy) is 2. The van der Waals surface area contributed by atoms with Gasteiger partial charge in [0.1, 0.15) is 36.8 Å². The summed E-state index contributed by atoms with van der Waals surface area (Å²) in [7, 11) is 0. The van der Waals surface area contributed by atoms with Crippen molar-refractivity contribution in [3.05, 3.63) is 84.1 Å².